The van der Waals surface area contributed by atoms with Gasteiger partial charge in [0.25, 0.3) is 0 Å². The van der Waals surface area contributed by atoms with Crippen LogP contribution in [0.2, 0.25) is 0 Å². The van der Waals surface area contributed by atoms with E-state index in [-0.39, 0.29) is 11.8 Å². The third kappa shape index (κ3) is 2.19. The molecule has 4 nitrogen and oxygen atoms in total. The van der Waals surface area contributed by atoms with E-state index in [2.05, 4.69) is 26.0 Å². The molecule has 0 radical (unpaired) electrons. The van der Waals surface area contributed by atoms with Gasteiger partial charge in [0.1, 0.15) is 18.7 Å². The van der Waals surface area contributed by atoms with Crippen molar-refractivity contribution in [3.8, 4) is 0 Å². The largest absolute Gasteiger partial charge is 0.292 e. The van der Waals surface area contributed by atoms with Crippen molar-refractivity contribution in [1.82, 2.24) is 14.8 Å². The molecule has 0 N–H and O–H groups in total. The molecule has 1 atom stereocenters. The first-order valence-electron chi connectivity index (χ1n) is 4.82. The summed E-state index contributed by atoms with van der Waals surface area (Å²) in [4.78, 5) is 15.9. The number of hydrogen-bond donors (Lipinski definition) is 0. The highest BCUT2D eigenvalue weighted by atomic mass is 79.9. The number of aromatic nitrogens is 3. The molecule has 0 amide bonds. The van der Waals surface area contributed by atoms with Crippen molar-refractivity contribution in [3.63, 3.8) is 0 Å². The van der Waals surface area contributed by atoms with Crippen LogP contribution < -0.4 is 0 Å². The molecule has 1 aromatic carbocycles. The minimum atomic E-state index is -0.330. The van der Waals surface area contributed by atoms with E-state index in [1.54, 1.807) is 30.1 Å². The summed E-state index contributed by atoms with van der Waals surface area (Å²) in [5, 5.41) is 3.96. The maximum Gasteiger partial charge on any atom is 0.187 e. The zero-order valence-electron chi connectivity index (χ0n) is 8.67. The van der Waals surface area contributed by atoms with E-state index in [0.29, 0.717) is 5.56 Å². The summed E-state index contributed by atoms with van der Waals surface area (Å²) in [6, 6.07) is 6.95. The lowest BCUT2D eigenvalue weighted by molar-refractivity contribution is 0.0928. The van der Waals surface area contributed by atoms with E-state index < -0.39 is 0 Å². The summed E-state index contributed by atoms with van der Waals surface area (Å²) in [5.74, 6) is 0.0259. The lowest BCUT2D eigenvalue weighted by atomic mass is 10.1. The van der Waals surface area contributed by atoms with E-state index >= 15 is 0 Å². The fraction of sp³-hybridized carbons (Fsp3) is 0.182. The van der Waals surface area contributed by atoms with Crippen LogP contribution in [0.1, 0.15) is 23.3 Å². The van der Waals surface area contributed by atoms with Gasteiger partial charge in [0.05, 0.1) is 0 Å². The molecule has 1 heterocycles. The number of carbonyl (C=O) groups excluding carboxylic acids is 1. The Morgan fingerprint density at radius 3 is 2.62 bits per heavy atom. The Labute approximate surface area is 101 Å². The van der Waals surface area contributed by atoms with Gasteiger partial charge in [-0.2, -0.15) is 5.10 Å². The van der Waals surface area contributed by atoms with Gasteiger partial charge in [0.2, 0.25) is 0 Å². The Kier molecular flexibility index (Phi) is 3.14. The zero-order chi connectivity index (χ0) is 11.5. The summed E-state index contributed by atoms with van der Waals surface area (Å²) in [6.07, 6.45) is 2.97. The van der Waals surface area contributed by atoms with Crippen molar-refractivity contribution >= 4 is 21.7 Å². The molecule has 2 rings (SSSR count). The Morgan fingerprint density at radius 2 is 2.06 bits per heavy atom. The molecule has 1 aromatic heterocycles. The van der Waals surface area contributed by atoms with Crippen LogP contribution in [0.4, 0.5) is 0 Å². The minimum Gasteiger partial charge on any atom is -0.292 e. The lowest BCUT2D eigenvalue weighted by Gasteiger charge is -2.10. The molecule has 82 valence electrons. The molecule has 0 bridgehead atoms. The van der Waals surface area contributed by atoms with Crippen LogP contribution in [0.5, 0.6) is 0 Å². The second-order valence-corrected chi connectivity index (χ2v) is 4.34. The molecule has 0 spiro atoms. The number of carbonyl (C=O) groups is 1. The van der Waals surface area contributed by atoms with Crippen molar-refractivity contribution < 1.29 is 4.79 Å². The molecule has 0 aliphatic carbocycles. The van der Waals surface area contributed by atoms with Crippen LogP contribution in [0.25, 0.3) is 0 Å². The van der Waals surface area contributed by atoms with Crippen molar-refractivity contribution in [1.29, 1.82) is 0 Å². The zero-order valence-corrected chi connectivity index (χ0v) is 10.3. The molecule has 16 heavy (non-hydrogen) atoms. The quantitative estimate of drug-likeness (QED) is 0.811. The smallest absolute Gasteiger partial charge is 0.187 e. The average Bonchev–Trinajstić information content (AvgIpc) is 2.81. The summed E-state index contributed by atoms with van der Waals surface area (Å²) in [6.45, 7) is 1.80. The van der Waals surface area contributed by atoms with Gasteiger partial charge in [0, 0.05) is 10.0 Å². The molecule has 0 saturated carbocycles. The predicted molar refractivity (Wildman–Crippen MR) is 63.2 cm³/mol. The standard InChI is InChI=1S/C11H10BrN3O/c1-8(15-7-13-6-14-15)11(16)9-2-4-10(12)5-3-9/h2-8H,1H3. The van der Waals surface area contributed by atoms with Gasteiger partial charge in [-0.1, -0.05) is 28.1 Å². The number of hydrogen-bond acceptors (Lipinski definition) is 3. The van der Waals surface area contributed by atoms with Gasteiger partial charge in [-0.15, -0.1) is 0 Å². The van der Waals surface area contributed by atoms with Crippen LogP contribution in [-0.2, 0) is 0 Å². The highest BCUT2D eigenvalue weighted by Gasteiger charge is 2.16. The lowest BCUT2D eigenvalue weighted by Crippen LogP contribution is -2.17. The number of benzene rings is 1. The number of halogens is 1. The second-order valence-electron chi connectivity index (χ2n) is 3.42. The van der Waals surface area contributed by atoms with Gasteiger partial charge >= 0.3 is 0 Å². The highest BCUT2D eigenvalue weighted by Crippen LogP contribution is 2.15. The summed E-state index contributed by atoms with van der Waals surface area (Å²) < 4.78 is 2.50. The Hall–Kier alpha value is -1.49. The molecular weight excluding hydrogens is 270 g/mol. The van der Waals surface area contributed by atoms with Crippen LogP contribution >= 0.6 is 15.9 Å². The summed E-state index contributed by atoms with van der Waals surface area (Å²) in [5.41, 5.74) is 0.672. The van der Waals surface area contributed by atoms with Gasteiger partial charge in [-0.3, -0.25) is 4.79 Å². The van der Waals surface area contributed by atoms with Crippen molar-refractivity contribution in [2.75, 3.05) is 0 Å². The third-order valence-corrected chi connectivity index (χ3v) is 2.87. The second kappa shape index (κ2) is 4.57. The maximum atomic E-state index is 12.1. The van der Waals surface area contributed by atoms with Crippen molar-refractivity contribution in [3.05, 3.63) is 47.0 Å². The van der Waals surface area contributed by atoms with Gasteiger partial charge in [-0.05, 0) is 19.1 Å². The fourth-order valence-electron chi connectivity index (χ4n) is 1.39. The van der Waals surface area contributed by atoms with Crippen LogP contribution in [0.3, 0.4) is 0 Å². The SMILES string of the molecule is CC(C(=O)c1ccc(Br)cc1)n1cncn1. The summed E-state index contributed by atoms with van der Waals surface area (Å²) in [7, 11) is 0. The number of ketones is 1. The van der Waals surface area contributed by atoms with Crippen molar-refractivity contribution in [2.24, 2.45) is 0 Å². The summed E-state index contributed by atoms with van der Waals surface area (Å²) >= 11 is 3.33. The first-order chi connectivity index (χ1) is 7.68. The van der Waals surface area contributed by atoms with Crippen LogP contribution in [-0.4, -0.2) is 20.5 Å². The maximum absolute atomic E-state index is 12.1. The first-order valence-corrected chi connectivity index (χ1v) is 5.61. The van der Waals surface area contributed by atoms with Crippen molar-refractivity contribution in [2.45, 2.75) is 13.0 Å². The van der Waals surface area contributed by atoms with E-state index in [0.717, 1.165) is 4.47 Å². The van der Waals surface area contributed by atoms with E-state index in [9.17, 15) is 4.79 Å². The number of nitrogens with zero attached hydrogens (tertiary/aromatic N) is 3. The molecule has 2 aromatic rings. The Bertz CT molecular complexity index is 478. The number of rotatable bonds is 3. The monoisotopic (exact) mass is 279 g/mol. The van der Waals surface area contributed by atoms with E-state index in [1.165, 1.54) is 6.33 Å². The number of Topliss-reactive ketones (excluding diaryl/α,β-unsaturated/α-hetero) is 1. The first kappa shape index (κ1) is 11.0. The molecule has 0 saturated heterocycles. The van der Waals surface area contributed by atoms with E-state index in [1.807, 2.05) is 12.1 Å². The average molecular weight is 280 g/mol. The molecule has 0 fully saturated rings. The predicted octanol–water partition coefficient (Wildman–Crippen LogP) is 2.48. The highest BCUT2D eigenvalue weighted by molar-refractivity contribution is 9.10. The Balaban J connectivity index is 2.22. The minimum absolute atomic E-state index is 0.0259. The fourth-order valence-corrected chi connectivity index (χ4v) is 1.66. The molecule has 0 aliphatic rings. The Morgan fingerprint density at radius 1 is 1.38 bits per heavy atom. The molecule has 1 unspecified atom stereocenters. The normalized spacial score (nSPS) is 12.4. The van der Waals surface area contributed by atoms with Gasteiger partial charge < -0.3 is 0 Å². The third-order valence-electron chi connectivity index (χ3n) is 2.34. The molecule has 0 aliphatic heterocycles. The van der Waals surface area contributed by atoms with Crippen LogP contribution in [0.15, 0.2) is 41.4 Å². The van der Waals surface area contributed by atoms with Crippen LogP contribution in [0, 0.1) is 0 Å². The van der Waals surface area contributed by atoms with Gasteiger partial charge in [-0.25, -0.2) is 9.67 Å². The molecular formula is C11H10BrN3O. The topological polar surface area (TPSA) is 47.8 Å². The molecule has 5 heteroatoms. The van der Waals surface area contributed by atoms with Gasteiger partial charge in [0.15, 0.2) is 5.78 Å². The van der Waals surface area contributed by atoms with E-state index in [4.69, 9.17) is 0 Å².